The Morgan fingerprint density at radius 3 is 2.80 bits per heavy atom. The number of hydrogen-bond donors (Lipinski definition) is 1. The lowest BCUT2D eigenvalue weighted by molar-refractivity contribution is 0.185. The summed E-state index contributed by atoms with van der Waals surface area (Å²) in [6.45, 7) is 5.43. The summed E-state index contributed by atoms with van der Waals surface area (Å²) in [5.41, 5.74) is 2.48. The van der Waals surface area contributed by atoms with Crippen molar-refractivity contribution in [2.75, 3.05) is 12.4 Å². The van der Waals surface area contributed by atoms with Crippen molar-refractivity contribution in [2.45, 2.75) is 58.6 Å². The number of ether oxygens (including phenoxy) is 1. The summed E-state index contributed by atoms with van der Waals surface area (Å²) in [6, 6.07) is 9.26. The maximum absolute atomic E-state index is 5.21. The molecule has 0 radical (unpaired) electrons. The topological polar surface area (TPSA) is 21.3 Å². The SMILES string of the molecule is COCc1cccc(NC2CCCC(C(C)C)CC2)c1. The Kier molecular flexibility index (Phi) is 5.90. The molecule has 112 valence electrons. The maximum atomic E-state index is 5.21. The van der Waals surface area contributed by atoms with Crippen LogP contribution in [0, 0.1) is 11.8 Å². The monoisotopic (exact) mass is 275 g/mol. The van der Waals surface area contributed by atoms with Gasteiger partial charge in [-0.3, -0.25) is 0 Å². The lowest BCUT2D eigenvalue weighted by Crippen LogP contribution is -2.18. The highest BCUT2D eigenvalue weighted by Gasteiger charge is 2.20. The second-order valence-electron chi connectivity index (χ2n) is 6.49. The van der Waals surface area contributed by atoms with Gasteiger partial charge in [0, 0.05) is 18.8 Å². The van der Waals surface area contributed by atoms with Crippen LogP contribution in [-0.4, -0.2) is 13.2 Å². The lowest BCUT2D eigenvalue weighted by Gasteiger charge is -2.20. The standard InChI is InChI=1S/C18H29NO/c1-14(2)16-7-5-8-17(11-10-16)19-18-9-4-6-15(12-18)13-20-3/h4,6,9,12,14,16-17,19H,5,7-8,10-11,13H2,1-3H3. The minimum atomic E-state index is 0.636. The summed E-state index contributed by atoms with van der Waals surface area (Å²) < 4.78 is 5.21. The molecule has 1 fully saturated rings. The van der Waals surface area contributed by atoms with Crippen LogP contribution in [-0.2, 0) is 11.3 Å². The molecule has 2 nitrogen and oxygen atoms in total. The second kappa shape index (κ2) is 7.68. The van der Waals surface area contributed by atoms with E-state index >= 15 is 0 Å². The molecule has 1 aliphatic carbocycles. The van der Waals surface area contributed by atoms with Gasteiger partial charge < -0.3 is 10.1 Å². The van der Waals surface area contributed by atoms with Crippen LogP contribution in [0.1, 0.15) is 51.5 Å². The van der Waals surface area contributed by atoms with Gasteiger partial charge >= 0.3 is 0 Å². The largest absolute Gasteiger partial charge is 0.382 e. The minimum absolute atomic E-state index is 0.636. The van der Waals surface area contributed by atoms with E-state index in [9.17, 15) is 0 Å². The predicted octanol–water partition coefficient (Wildman–Crippen LogP) is 4.85. The fraction of sp³-hybridized carbons (Fsp3) is 0.667. The van der Waals surface area contributed by atoms with E-state index in [4.69, 9.17) is 4.74 Å². The average Bonchev–Trinajstić information content (AvgIpc) is 2.65. The molecule has 2 rings (SSSR count). The van der Waals surface area contributed by atoms with Gasteiger partial charge in [0.05, 0.1) is 6.61 Å². The molecule has 1 saturated carbocycles. The van der Waals surface area contributed by atoms with Gasteiger partial charge in [-0.15, -0.1) is 0 Å². The van der Waals surface area contributed by atoms with Crippen LogP contribution in [0.4, 0.5) is 5.69 Å². The Morgan fingerprint density at radius 1 is 1.20 bits per heavy atom. The first-order valence-electron chi connectivity index (χ1n) is 8.03. The molecule has 0 aliphatic heterocycles. The van der Waals surface area contributed by atoms with E-state index in [0.717, 1.165) is 11.8 Å². The second-order valence-corrected chi connectivity index (χ2v) is 6.49. The van der Waals surface area contributed by atoms with Crippen LogP contribution < -0.4 is 5.32 Å². The van der Waals surface area contributed by atoms with Crippen molar-refractivity contribution < 1.29 is 4.74 Å². The molecule has 0 heterocycles. The van der Waals surface area contributed by atoms with E-state index < -0.39 is 0 Å². The third kappa shape index (κ3) is 4.52. The summed E-state index contributed by atoms with van der Waals surface area (Å²) >= 11 is 0. The van der Waals surface area contributed by atoms with Crippen LogP contribution in [0.2, 0.25) is 0 Å². The number of benzene rings is 1. The molecule has 1 aliphatic rings. The molecular formula is C18H29NO. The first-order valence-corrected chi connectivity index (χ1v) is 8.03. The van der Waals surface area contributed by atoms with Gasteiger partial charge in [-0.05, 0) is 48.8 Å². The molecular weight excluding hydrogens is 246 g/mol. The Morgan fingerprint density at radius 2 is 2.05 bits per heavy atom. The third-order valence-corrected chi connectivity index (χ3v) is 4.57. The highest BCUT2D eigenvalue weighted by Crippen LogP contribution is 2.30. The van der Waals surface area contributed by atoms with Crippen LogP contribution in [0.15, 0.2) is 24.3 Å². The molecule has 0 bridgehead atoms. The first kappa shape index (κ1) is 15.4. The summed E-state index contributed by atoms with van der Waals surface area (Å²) in [5.74, 6) is 1.75. The Bertz CT molecular complexity index is 402. The van der Waals surface area contributed by atoms with Crippen molar-refractivity contribution >= 4 is 5.69 Å². The van der Waals surface area contributed by atoms with E-state index in [1.165, 1.54) is 43.4 Å². The van der Waals surface area contributed by atoms with E-state index in [2.05, 4.69) is 43.4 Å². The predicted molar refractivity (Wildman–Crippen MR) is 86.0 cm³/mol. The zero-order valence-electron chi connectivity index (χ0n) is 13.2. The quantitative estimate of drug-likeness (QED) is 0.776. The van der Waals surface area contributed by atoms with Gasteiger partial charge in [0.2, 0.25) is 0 Å². The number of nitrogens with one attached hydrogen (secondary N) is 1. The summed E-state index contributed by atoms with van der Waals surface area (Å²) in [5, 5.41) is 3.72. The molecule has 0 amide bonds. The van der Waals surface area contributed by atoms with Crippen LogP contribution in [0.3, 0.4) is 0 Å². The smallest absolute Gasteiger partial charge is 0.0713 e. The van der Waals surface area contributed by atoms with Gasteiger partial charge in [0.15, 0.2) is 0 Å². The third-order valence-electron chi connectivity index (χ3n) is 4.57. The van der Waals surface area contributed by atoms with Gasteiger partial charge in [-0.1, -0.05) is 38.8 Å². The molecule has 1 N–H and O–H groups in total. The molecule has 2 unspecified atom stereocenters. The lowest BCUT2D eigenvalue weighted by atomic mass is 9.89. The molecule has 2 heteroatoms. The van der Waals surface area contributed by atoms with Crippen molar-refractivity contribution in [1.82, 2.24) is 0 Å². The van der Waals surface area contributed by atoms with Crippen molar-refractivity contribution in [3.63, 3.8) is 0 Å². The van der Waals surface area contributed by atoms with Crippen LogP contribution in [0.5, 0.6) is 0 Å². The molecule has 20 heavy (non-hydrogen) atoms. The Balaban J connectivity index is 1.91. The highest BCUT2D eigenvalue weighted by atomic mass is 16.5. The number of methoxy groups -OCH3 is 1. The van der Waals surface area contributed by atoms with Gasteiger partial charge in [0.1, 0.15) is 0 Å². The zero-order valence-corrected chi connectivity index (χ0v) is 13.2. The molecule has 0 saturated heterocycles. The van der Waals surface area contributed by atoms with Gasteiger partial charge in [-0.25, -0.2) is 0 Å². The van der Waals surface area contributed by atoms with Crippen molar-refractivity contribution in [2.24, 2.45) is 11.8 Å². The fourth-order valence-corrected chi connectivity index (χ4v) is 3.29. The van der Waals surface area contributed by atoms with Crippen molar-refractivity contribution in [3.8, 4) is 0 Å². The number of rotatable bonds is 5. The van der Waals surface area contributed by atoms with Gasteiger partial charge in [0.25, 0.3) is 0 Å². The van der Waals surface area contributed by atoms with E-state index in [0.29, 0.717) is 12.6 Å². The Labute approximate surface area is 123 Å². The van der Waals surface area contributed by atoms with E-state index in [1.54, 1.807) is 7.11 Å². The fourth-order valence-electron chi connectivity index (χ4n) is 3.29. The van der Waals surface area contributed by atoms with Crippen molar-refractivity contribution in [1.29, 1.82) is 0 Å². The molecule has 2 atom stereocenters. The van der Waals surface area contributed by atoms with Gasteiger partial charge in [-0.2, -0.15) is 0 Å². The Hall–Kier alpha value is -1.02. The summed E-state index contributed by atoms with van der Waals surface area (Å²) in [7, 11) is 1.75. The number of hydrogen-bond acceptors (Lipinski definition) is 2. The maximum Gasteiger partial charge on any atom is 0.0713 e. The first-order chi connectivity index (χ1) is 9.69. The summed E-state index contributed by atoms with van der Waals surface area (Å²) in [6.07, 6.45) is 6.74. The van der Waals surface area contributed by atoms with Crippen molar-refractivity contribution in [3.05, 3.63) is 29.8 Å². The van der Waals surface area contributed by atoms with Crippen LogP contribution >= 0.6 is 0 Å². The van der Waals surface area contributed by atoms with E-state index in [1.807, 2.05) is 0 Å². The number of anilines is 1. The molecule has 1 aromatic carbocycles. The molecule has 1 aromatic rings. The minimum Gasteiger partial charge on any atom is -0.382 e. The normalized spacial score (nSPS) is 23.6. The summed E-state index contributed by atoms with van der Waals surface area (Å²) in [4.78, 5) is 0. The van der Waals surface area contributed by atoms with E-state index in [-0.39, 0.29) is 0 Å². The average molecular weight is 275 g/mol. The van der Waals surface area contributed by atoms with Crippen LogP contribution in [0.25, 0.3) is 0 Å². The molecule has 0 spiro atoms. The highest BCUT2D eigenvalue weighted by molar-refractivity contribution is 5.46. The molecule has 0 aromatic heterocycles. The zero-order chi connectivity index (χ0) is 14.4.